The quantitative estimate of drug-likeness (QED) is 0.714. The molecule has 1 amide bonds. The molecule has 2 aromatic rings. The van der Waals surface area contributed by atoms with Gasteiger partial charge in [0.25, 0.3) is 0 Å². The van der Waals surface area contributed by atoms with Gasteiger partial charge in [-0.25, -0.2) is 4.39 Å². The number of carbonyl (C=O) groups excluding carboxylic acids is 1. The van der Waals surface area contributed by atoms with Crippen LogP contribution in [0.25, 0.3) is 0 Å². The van der Waals surface area contributed by atoms with Crippen molar-refractivity contribution in [1.82, 2.24) is 10.2 Å². The van der Waals surface area contributed by atoms with E-state index in [1.54, 1.807) is 18.0 Å². The number of halogens is 1. The van der Waals surface area contributed by atoms with Gasteiger partial charge < -0.3 is 9.73 Å². The molecule has 3 rings (SSSR count). The van der Waals surface area contributed by atoms with Gasteiger partial charge in [0.2, 0.25) is 5.91 Å². The van der Waals surface area contributed by atoms with Crippen LogP contribution in [-0.4, -0.2) is 36.2 Å². The van der Waals surface area contributed by atoms with Crippen molar-refractivity contribution >= 4 is 17.7 Å². The first kappa shape index (κ1) is 19.0. The average Bonchev–Trinajstić information content (AvgIpc) is 3.17. The van der Waals surface area contributed by atoms with E-state index in [-0.39, 0.29) is 17.6 Å². The summed E-state index contributed by atoms with van der Waals surface area (Å²) in [5, 5.41) is 3.06. The standard InChI is InChI=1S/C20H25FN2O2S/c21-18-7-5-16(6-8-18)13-23-10-1-3-17(14-23)20(24)22-9-12-26-15-19-4-2-11-25-19/h2,4-8,11,17H,1,3,9-10,12-15H2,(H,22,24). The monoisotopic (exact) mass is 376 g/mol. The Morgan fingerprint density at radius 3 is 2.92 bits per heavy atom. The molecule has 6 heteroatoms. The highest BCUT2D eigenvalue weighted by molar-refractivity contribution is 7.98. The Bertz CT molecular complexity index is 676. The molecule has 1 saturated heterocycles. The second-order valence-corrected chi connectivity index (χ2v) is 7.73. The van der Waals surface area contributed by atoms with Gasteiger partial charge in [-0.3, -0.25) is 9.69 Å². The Hall–Kier alpha value is -1.79. The molecular formula is C20H25FN2O2S. The Labute approximate surface area is 158 Å². The Kier molecular flexibility index (Phi) is 7.14. The lowest BCUT2D eigenvalue weighted by Gasteiger charge is -2.32. The van der Waals surface area contributed by atoms with E-state index in [9.17, 15) is 9.18 Å². The molecule has 0 aliphatic carbocycles. The first-order chi connectivity index (χ1) is 12.7. The van der Waals surface area contributed by atoms with Crippen LogP contribution in [0.5, 0.6) is 0 Å². The Morgan fingerprint density at radius 1 is 1.31 bits per heavy atom. The lowest BCUT2D eigenvalue weighted by molar-refractivity contribution is -0.126. The molecule has 1 atom stereocenters. The van der Waals surface area contributed by atoms with E-state index in [2.05, 4.69) is 10.2 Å². The maximum Gasteiger partial charge on any atom is 0.224 e. The fourth-order valence-corrected chi connectivity index (χ4v) is 3.98. The third-order valence-electron chi connectivity index (χ3n) is 4.57. The number of benzene rings is 1. The molecule has 4 nitrogen and oxygen atoms in total. The minimum Gasteiger partial charge on any atom is -0.468 e. The molecule has 2 heterocycles. The molecule has 26 heavy (non-hydrogen) atoms. The van der Waals surface area contributed by atoms with Crippen LogP contribution in [0.15, 0.2) is 47.1 Å². The van der Waals surface area contributed by atoms with Crippen molar-refractivity contribution in [3.63, 3.8) is 0 Å². The number of likely N-dealkylation sites (tertiary alicyclic amines) is 1. The minimum atomic E-state index is -0.213. The molecule has 1 aromatic heterocycles. The average molecular weight is 376 g/mol. The molecule has 0 saturated carbocycles. The van der Waals surface area contributed by atoms with Crippen molar-refractivity contribution in [2.45, 2.75) is 25.1 Å². The minimum absolute atomic E-state index is 0.0410. The van der Waals surface area contributed by atoms with E-state index in [0.29, 0.717) is 6.54 Å². The number of amides is 1. The number of carbonyl (C=O) groups is 1. The van der Waals surface area contributed by atoms with E-state index >= 15 is 0 Å². The van der Waals surface area contributed by atoms with E-state index in [0.717, 1.165) is 55.3 Å². The molecule has 1 aliphatic heterocycles. The Balaban J connectivity index is 1.36. The van der Waals surface area contributed by atoms with Gasteiger partial charge in [0.1, 0.15) is 11.6 Å². The predicted octanol–water partition coefficient (Wildman–Crippen LogP) is 3.68. The van der Waals surface area contributed by atoms with Gasteiger partial charge in [-0.05, 0) is 49.2 Å². The molecule has 1 aromatic carbocycles. The Morgan fingerprint density at radius 2 is 2.15 bits per heavy atom. The number of nitrogens with one attached hydrogen (secondary N) is 1. The molecular weight excluding hydrogens is 351 g/mol. The number of hydrogen-bond acceptors (Lipinski definition) is 4. The van der Waals surface area contributed by atoms with Gasteiger partial charge in [-0.1, -0.05) is 12.1 Å². The van der Waals surface area contributed by atoms with Crippen LogP contribution in [0, 0.1) is 11.7 Å². The van der Waals surface area contributed by atoms with Crippen LogP contribution >= 0.6 is 11.8 Å². The summed E-state index contributed by atoms with van der Waals surface area (Å²) in [5.74, 6) is 2.64. The second-order valence-electron chi connectivity index (χ2n) is 6.62. The molecule has 0 radical (unpaired) electrons. The molecule has 0 spiro atoms. The number of furan rings is 1. The van der Waals surface area contributed by atoms with Crippen LogP contribution in [0.2, 0.25) is 0 Å². The van der Waals surface area contributed by atoms with Crippen molar-refractivity contribution in [2.24, 2.45) is 5.92 Å². The van der Waals surface area contributed by atoms with Gasteiger partial charge in [-0.15, -0.1) is 0 Å². The summed E-state index contributed by atoms with van der Waals surface area (Å²) in [6.45, 7) is 3.20. The third-order valence-corrected chi connectivity index (χ3v) is 5.55. The molecule has 140 valence electrons. The summed E-state index contributed by atoms with van der Waals surface area (Å²) in [7, 11) is 0. The molecule has 1 unspecified atom stereocenters. The van der Waals surface area contributed by atoms with Crippen molar-refractivity contribution in [3.05, 3.63) is 59.8 Å². The number of piperidine rings is 1. The van der Waals surface area contributed by atoms with Gasteiger partial charge in [0.05, 0.1) is 17.9 Å². The summed E-state index contributed by atoms with van der Waals surface area (Å²) >= 11 is 1.75. The summed E-state index contributed by atoms with van der Waals surface area (Å²) in [5.41, 5.74) is 1.08. The van der Waals surface area contributed by atoms with Crippen molar-refractivity contribution in [1.29, 1.82) is 0 Å². The van der Waals surface area contributed by atoms with Crippen LogP contribution in [0.1, 0.15) is 24.2 Å². The van der Waals surface area contributed by atoms with Crippen LogP contribution in [-0.2, 0) is 17.1 Å². The molecule has 1 N–H and O–H groups in total. The third kappa shape index (κ3) is 5.88. The molecule has 0 bridgehead atoms. The summed E-state index contributed by atoms with van der Waals surface area (Å²) in [6, 6.07) is 10.5. The highest BCUT2D eigenvalue weighted by Crippen LogP contribution is 2.19. The highest BCUT2D eigenvalue weighted by atomic mass is 32.2. The molecule has 1 fully saturated rings. The van der Waals surface area contributed by atoms with E-state index in [1.165, 1.54) is 12.1 Å². The summed E-state index contributed by atoms with van der Waals surface area (Å²) in [6.07, 6.45) is 3.64. The normalized spacial score (nSPS) is 18.0. The lowest BCUT2D eigenvalue weighted by atomic mass is 9.96. The van der Waals surface area contributed by atoms with E-state index in [1.807, 2.05) is 24.3 Å². The second kappa shape index (κ2) is 9.78. The van der Waals surface area contributed by atoms with Gasteiger partial charge in [0, 0.05) is 25.4 Å². The highest BCUT2D eigenvalue weighted by Gasteiger charge is 2.25. The largest absolute Gasteiger partial charge is 0.468 e. The van der Waals surface area contributed by atoms with Crippen molar-refractivity contribution < 1.29 is 13.6 Å². The van der Waals surface area contributed by atoms with Crippen molar-refractivity contribution in [2.75, 3.05) is 25.4 Å². The topological polar surface area (TPSA) is 45.5 Å². The predicted molar refractivity (Wildman–Crippen MR) is 102 cm³/mol. The number of hydrogen-bond donors (Lipinski definition) is 1. The smallest absolute Gasteiger partial charge is 0.224 e. The zero-order valence-electron chi connectivity index (χ0n) is 14.8. The van der Waals surface area contributed by atoms with Gasteiger partial charge in [0.15, 0.2) is 0 Å². The maximum absolute atomic E-state index is 13.0. The first-order valence-electron chi connectivity index (χ1n) is 9.05. The SMILES string of the molecule is O=C(NCCSCc1ccco1)C1CCCN(Cc2ccc(F)cc2)C1. The van der Waals surface area contributed by atoms with E-state index in [4.69, 9.17) is 4.42 Å². The van der Waals surface area contributed by atoms with Crippen LogP contribution in [0.4, 0.5) is 4.39 Å². The zero-order chi connectivity index (χ0) is 18.2. The number of nitrogens with zero attached hydrogens (tertiary/aromatic N) is 1. The van der Waals surface area contributed by atoms with Crippen LogP contribution in [0.3, 0.4) is 0 Å². The molecule has 1 aliphatic rings. The van der Waals surface area contributed by atoms with Gasteiger partial charge >= 0.3 is 0 Å². The van der Waals surface area contributed by atoms with Gasteiger partial charge in [-0.2, -0.15) is 11.8 Å². The number of thioether (sulfide) groups is 1. The lowest BCUT2D eigenvalue weighted by Crippen LogP contribution is -2.43. The zero-order valence-corrected chi connectivity index (χ0v) is 15.6. The van der Waals surface area contributed by atoms with Crippen molar-refractivity contribution in [3.8, 4) is 0 Å². The fourth-order valence-electron chi connectivity index (χ4n) is 3.22. The maximum atomic E-state index is 13.0. The number of rotatable bonds is 8. The summed E-state index contributed by atoms with van der Waals surface area (Å²) in [4.78, 5) is 14.7. The van der Waals surface area contributed by atoms with E-state index < -0.39 is 0 Å². The summed E-state index contributed by atoms with van der Waals surface area (Å²) < 4.78 is 18.3. The first-order valence-corrected chi connectivity index (χ1v) is 10.2. The van der Waals surface area contributed by atoms with Crippen LogP contribution < -0.4 is 5.32 Å². The fraction of sp³-hybridized carbons (Fsp3) is 0.450.